The summed E-state index contributed by atoms with van der Waals surface area (Å²) in [5, 5.41) is 11.9. The Kier molecular flexibility index (Phi) is 8.22. The van der Waals surface area contributed by atoms with Crippen molar-refractivity contribution in [3.8, 4) is 0 Å². The molecule has 0 radical (unpaired) electrons. The molecule has 1 fully saturated rings. The van der Waals surface area contributed by atoms with Crippen LogP contribution in [0.2, 0.25) is 0 Å². The van der Waals surface area contributed by atoms with Gasteiger partial charge in [-0.1, -0.05) is 12.5 Å². The number of carboxylic acids is 1. The summed E-state index contributed by atoms with van der Waals surface area (Å²) in [5.41, 5.74) is 0.948. The average Bonchev–Trinajstić information content (AvgIpc) is 2.56. The number of piperidine rings is 1. The smallest absolute Gasteiger partial charge is 0.320 e. The minimum absolute atomic E-state index is 0. The molecule has 1 aliphatic heterocycles. The minimum Gasteiger partial charge on any atom is -0.480 e. The fraction of sp³-hybridized carbons (Fsp3) is 0.529. The Labute approximate surface area is 166 Å². The third-order valence-corrected chi connectivity index (χ3v) is 6.43. The van der Waals surface area contributed by atoms with Crippen LogP contribution in [0, 0.1) is 6.92 Å². The third-order valence-electron chi connectivity index (χ3n) is 4.48. The predicted octanol–water partition coefficient (Wildman–Crippen LogP) is 1.54. The van der Waals surface area contributed by atoms with E-state index >= 15 is 0 Å². The van der Waals surface area contributed by atoms with E-state index in [0.717, 1.165) is 17.1 Å². The van der Waals surface area contributed by atoms with Crippen LogP contribution in [0.15, 0.2) is 23.1 Å². The second-order valence-electron chi connectivity index (χ2n) is 6.64. The minimum atomic E-state index is -3.62. The van der Waals surface area contributed by atoms with Gasteiger partial charge >= 0.3 is 5.97 Å². The maximum Gasteiger partial charge on any atom is 0.320 e. The van der Waals surface area contributed by atoms with E-state index in [1.54, 1.807) is 24.0 Å². The van der Waals surface area contributed by atoms with Crippen molar-refractivity contribution in [2.45, 2.75) is 37.1 Å². The van der Waals surface area contributed by atoms with Crippen LogP contribution >= 0.6 is 12.4 Å². The largest absolute Gasteiger partial charge is 0.480 e. The van der Waals surface area contributed by atoms with Crippen molar-refractivity contribution in [2.75, 3.05) is 32.5 Å². The number of rotatable bonds is 6. The zero-order chi connectivity index (χ0) is 19.5. The summed E-state index contributed by atoms with van der Waals surface area (Å²) < 4.78 is 25.8. The number of carbonyl (C=O) groups excluding carboxylic acids is 1. The van der Waals surface area contributed by atoms with Crippen LogP contribution in [0.3, 0.4) is 0 Å². The molecule has 0 aliphatic carbocycles. The number of likely N-dealkylation sites (tertiary alicyclic amines) is 1. The first-order valence-electron chi connectivity index (χ1n) is 8.43. The summed E-state index contributed by atoms with van der Waals surface area (Å²) >= 11 is 0. The molecule has 2 rings (SSSR count). The molecule has 0 saturated carbocycles. The van der Waals surface area contributed by atoms with E-state index in [1.165, 1.54) is 20.2 Å². The van der Waals surface area contributed by atoms with Crippen LogP contribution in [0.1, 0.15) is 24.8 Å². The van der Waals surface area contributed by atoms with Crippen molar-refractivity contribution in [1.29, 1.82) is 0 Å². The van der Waals surface area contributed by atoms with Crippen LogP contribution < -0.4 is 5.32 Å². The second kappa shape index (κ2) is 9.50. The highest BCUT2D eigenvalue weighted by Gasteiger charge is 2.29. The van der Waals surface area contributed by atoms with Gasteiger partial charge < -0.3 is 10.4 Å². The van der Waals surface area contributed by atoms with Crippen LogP contribution in [0.25, 0.3) is 0 Å². The number of sulfonamides is 1. The summed E-state index contributed by atoms with van der Waals surface area (Å²) in [4.78, 5) is 25.4. The Morgan fingerprint density at radius 2 is 1.96 bits per heavy atom. The third kappa shape index (κ3) is 5.65. The van der Waals surface area contributed by atoms with Gasteiger partial charge in [-0.3, -0.25) is 14.5 Å². The molecule has 1 aliphatic rings. The molecule has 2 N–H and O–H groups in total. The fourth-order valence-electron chi connectivity index (χ4n) is 3.00. The molecule has 1 aromatic rings. The number of nitrogens with one attached hydrogen (secondary N) is 1. The number of aryl methyl sites for hydroxylation is 1. The number of anilines is 1. The summed E-state index contributed by atoms with van der Waals surface area (Å²) in [7, 11) is -0.725. The molecule has 1 amide bonds. The number of carbonyl (C=O) groups is 2. The number of amides is 1. The molecule has 0 spiro atoms. The molecular formula is C17H26ClN3O5S. The van der Waals surface area contributed by atoms with E-state index in [0.29, 0.717) is 24.2 Å². The van der Waals surface area contributed by atoms with Gasteiger partial charge in [0.1, 0.15) is 6.04 Å². The van der Waals surface area contributed by atoms with E-state index in [1.807, 2.05) is 0 Å². The van der Waals surface area contributed by atoms with Gasteiger partial charge in [0.15, 0.2) is 0 Å². The van der Waals surface area contributed by atoms with Gasteiger partial charge in [0.2, 0.25) is 15.9 Å². The molecule has 0 bridgehead atoms. The first-order valence-corrected chi connectivity index (χ1v) is 9.87. The highest BCUT2D eigenvalue weighted by atomic mass is 35.5. The highest BCUT2D eigenvalue weighted by Crippen LogP contribution is 2.23. The monoisotopic (exact) mass is 419 g/mol. The Morgan fingerprint density at radius 3 is 2.56 bits per heavy atom. The van der Waals surface area contributed by atoms with E-state index in [4.69, 9.17) is 0 Å². The van der Waals surface area contributed by atoms with Crippen LogP contribution in [0.5, 0.6) is 0 Å². The Morgan fingerprint density at radius 1 is 1.30 bits per heavy atom. The van der Waals surface area contributed by atoms with E-state index in [2.05, 4.69) is 5.32 Å². The first-order chi connectivity index (χ1) is 12.1. The number of halogens is 1. The molecule has 1 heterocycles. The van der Waals surface area contributed by atoms with Gasteiger partial charge in [-0.2, -0.15) is 0 Å². The van der Waals surface area contributed by atoms with Crippen LogP contribution in [0.4, 0.5) is 5.69 Å². The second-order valence-corrected chi connectivity index (χ2v) is 8.76. The zero-order valence-electron chi connectivity index (χ0n) is 15.6. The van der Waals surface area contributed by atoms with Gasteiger partial charge in [0.05, 0.1) is 11.4 Å². The number of aliphatic carboxylic acids is 1. The summed E-state index contributed by atoms with van der Waals surface area (Å²) in [6, 6.07) is 4.03. The molecule has 0 aromatic heterocycles. The SMILES string of the molecule is Cc1ccc(NC(=O)CN2CCCCC2C(=O)O)cc1S(=O)(=O)N(C)C.Cl. The van der Waals surface area contributed by atoms with Crippen molar-refractivity contribution in [3.63, 3.8) is 0 Å². The lowest BCUT2D eigenvalue weighted by Gasteiger charge is -2.32. The average molecular weight is 420 g/mol. The van der Waals surface area contributed by atoms with Gasteiger partial charge in [-0.05, 0) is 44.0 Å². The Bertz CT molecular complexity index is 798. The zero-order valence-corrected chi connectivity index (χ0v) is 17.3. The van der Waals surface area contributed by atoms with Crippen molar-refractivity contribution >= 4 is 40.0 Å². The van der Waals surface area contributed by atoms with Crippen LogP contribution in [-0.2, 0) is 19.6 Å². The molecule has 10 heteroatoms. The summed E-state index contributed by atoms with van der Waals surface area (Å²) in [6.07, 6.45) is 2.21. The summed E-state index contributed by atoms with van der Waals surface area (Å²) in [5.74, 6) is -1.29. The number of benzene rings is 1. The normalized spacial score (nSPS) is 18.0. The van der Waals surface area contributed by atoms with E-state index < -0.39 is 22.0 Å². The maximum absolute atomic E-state index is 12.4. The molecule has 1 aromatic carbocycles. The lowest BCUT2D eigenvalue weighted by Crippen LogP contribution is -2.47. The van der Waals surface area contributed by atoms with Crippen LogP contribution in [-0.4, -0.2) is 67.8 Å². The Hall–Kier alpha value is -1.68. The first kappa shape index (κ1) is 23.4. The van der Waals surface area contributed by atoms with Gasteiger partial charge in [-0.15, -0.1) is 12.4 Å². The number of hydrogen-bond donors (Lipinski definition) is 2. The van der Waals surface area contributed by atoms with Crippen molar-refractivity contribution in [3.05, 3.63) is 23.8 Å². The number of hydrogen-bond acceptors (Lipinski definition) is 5. The Balaban J connectivity index is 0.00000364. The molecule has 1 saturated heterocycles. The van der Waals surface area contributed by atoms with Crippen molar-refractivity contribution in [1.82, 2.24) is 9.21 Å². The molecule has 1 unspecified atom stereocenters. The van der Waals surface area contributed by atoms with E-state index in [9.17, 15) is 23.1 Å². The topological polar surface area (TPSA) is 107 Å². The van der Waals surface area contributed by atoms with Gasteiger partial charge in [0.25, 0.3) is 0 Å². The molecular weight excluding hydrogens is 394 g/mol. The lowest BCUT2D eigenvalue weighted by atomic mass is 10.0. The molecule has 27 heavy (non-hydrogen) atoms. The quantitative estimate of drug-likeness (QED) is 0.724. The maximum atomic E-state index is 12.4. The molecule has 152 valence electrons. The highest BCUT2D eigenvalue weighted by molar-refractivity contribution is 7.89. The summed E-state index contributed by atoms with van der Waals surface area (Å²) in [6.45, 7) is 2.20. The van der Waals surface area contributed by atoms with Gasteiger partial charge in [0, 0.05) is 19.8 Å². The lowest BCUT2D eigenvalue weighted by molar-refractivity contribution is -0.145. The fourth-order valence-corrected chi connectivity index (χ4v) is 4.14. The number of nitrogens with zero attached hydrogens (tertiary/aromatic N) is 2. The standard InChI is InChI=1S/C17H25N3O5S.ClH/c1-12-7-8-13(10-15(12)26(24,25)19(2)3)18-16(21)11-20-9-5-4-6-14(20)17(22)23;/h7-8,10,14H,4-6,9,11H2,1-3H3,(H,18,21)(H,22,23);1H. The van der Waals surface area contributed by atoms with Crippen molar-refractivity contribution < 1.29 is 23.1 Å². The predicted molar refractivity (Wildman–Crippen MR) is 105 cm³/mol. The molecule has 8 nitrogen and oxygen atoms in total. The van der Waals surface area contributed by atoms with Gasteiger partial charge in [-0.25, -0.2) is 12.7 Å². The molecule has 1 atom stereocenters. The van der Waals surface area contributed by atoms with Crippen molar-refractivity contribution in [2.24, 2.45) is 0 Å². The van der Waals surface area contributed by atoms with E-state index in [-0.39, 0.29) is 29.8 Å². The number of carboxylic acid groups (broad SMARTS) is 1.